The van der Waals surface area contributed by atoms with Gasteiger partial charge in [-0.2, -0.15) is 0 Å². The summed E-state index contributed by atoms with van der Waals surface area (Å²) in [6.45, 7) is 3.89. The zero-order chi connectivity index (χ0) is 21.2. The van der Waals surface area contributed by atoms with Crippen LogP contribution in [0, 0.1) is 13.8 Å². The Morgan fingerprint density at radius 3 is 2.45 bits per heavy atom. The summed E-state index contributed by atoms with van der Waals surface area (Å²) >= 11 is 0. The van der Waals surface area contributed by atoms with Crippen LogP contribution in [0.2, 0.25) is 0 Å². The highest BCUT2D eigenvalue weighted by atomic mass is 32.2. The molecule has 2 aromatic carbocycles. The molecule has 0 radical (unpaired) electrons. The van der Waals surface area contributed by atoms with Gasteiger partial charge in [0.2, 0.25) is 10.0 Å². The third-order valence-corrected chi connectivity index (χ3v) is 5.81. The monoisotopic (exact) mass is 416 g/mol. The summed E-state index contributed by atoms with van der Waals surface area (Å²) in [6.07, 6.45) is 2.52. The molecule has 154 valence electrons. The van der Waals surface area contributed by atoms with Crippen LogP contribution in [0.25, 0.3) is 0 Å². The van der Waals surface area contributed by atoms with Gasteiger partial charge in [-0.05, 0) is 73.7 Å². The minimum Gasteiger partial charge on any atom is -0.452 e. The number of amides is 1. The van der Waals surface area contributed by atoms with Gasteiger partial charge >= 0.3 is 5.97 Å². The van der Waals surface area contributed by atoms with E-state index in [4.69, 9.17) is 4.74 Å². The highest BCUT2D eigenvalue weighted by Gasteiger charge is 2.25. The smallest absolute Gasteiger partial charge is 0.338 e. The minimum atomic E-state index is -3.37. The molecule has 0 spiro atoms. The maximum absolute atomic E-state index is 12.3. The molecule has 1 N–H and O–H groups in total. The fourth-order valence-corrected chi connectivity index (χ4v) is 4.49. The van der Waals surface area contributed by atoms with Crippen LogP contribution in [0.1, 0.15) is 33.5 Å². The summed E-state index contributed by atoms with van der Waals surface area (Å²) in [5, 5.41) is 2.71. The van der Waals surface area contributed by atoms with E-state index in [1.807, 2.05) is 32.0 Å². The number of fused-ring (bicyclic) bond motifs is 1. The Hall–Kier alpha value is -2.87. The van der Waals surface area contributed by atoms with Gasteiger partial charge in [-0.1, -0.05) is 6.07 Å². The maximum Gasteiger partial charge on any atom is 0.338 e. The summed E-state index contributed by atoms with van der Waals surface area (Å²) in [5.41, 5.74) is 4.35. The lowest BCUT2D eigenvalue weighted by atomic mass is 10.0. The number of carbonyl (C=O) groups is 2. The molecule has 0 unspecified atom stereocenters. The Morgan fingerprint density at radius 2 is 1.79 bits per heavy atom. The van der Waals surface area contributed by atoms with Crippen molar-refractivity contribution >= 4 is 33.3 Å². The Balaban J connectivity index is 1.64. The standard InChI is InChI=1S/C21H24N2O5S/c1-14-9-15(2)11-18(10-14)22-20(24)13-28-21(25)17-6-7-19-16(12-17)5-4-8-23(19)29(3,26)27/h6-7,9-12H,4-5,8,13H2,1-3H3,(H,22,24). The van der Waals surface area contributed by atoms with E-state index < -0.39 is 28.5 Å². The second-order valence-electron chi connectivity index (χ2n) is 7.28. The first-order valence-corrected chi connectivity index (χ1v) is 11.1. The van der Waals surface area contributed by atoms with Gasteiger partial charge < -0.3 is 10.1 Å². The minimum absolute atomic E-state index is 0.290. The van der Waals surface area contributed by atoms with Crippen molar-refractivity contribution in [2.75, 3.05) is 29.0 Å². The van der Waals surface area contributed by atoms with E-state index in [0.29, 0.717) is 36.3 Å². The second kappa shape index (κ2) is 8.24. The molecule has 3 rings (SSSR count). The number of nitrogens with one attached hydrogen (secondary N) is 1. The first-order chi connectivity index (χ1) is 13.6. The summed E-state index contributed by atoms with van der Waals surface area (Å²) in [6, 6.07) is 10.4. The van der Waals surface area contributed by atoms with Gasteiger partial charge in [-0.25, -0.2) is 13.2 Å². The van der Waals surface area contributed by atoms with Crippen molar-refractivity contribution in [3.05, 3.63) is 58.7 Å². The zero-order valence-electron chi connectivity index (χ0n) is 16.7. The predicted molar refractivity (Wildman–Crippen MR) is 112 cm³/mol. The number of esters is 1. The van der Waals surface area contributed by atoms with Crippen LogP contribution < -0.4 is 9.62 Å². The average Bonchev–Trinajstić information content (AvgIpc) is 2.63. The van der Waals surface area contributed by atoms with Crippen molar-refractivity contribution < 1.29 is 22.7 Å². The van der Waals surface area contributed by atoms with E-state index in [2.05, 4.69) is 5.32 Å². The van der Waals surface area contributed by atoms with Gasteiger partial charge in [-0.3, -0.25) is 9.10 Å². The summed E-state index contributed by atoms with van der Waals surface area (Å²) in [4.78, 5) is 24.4. The van der Waals surface area contributed by atoms with Gasteiger partial charge in [0, 0.05) is 12.2 Å². The molecule has 7 nitrogen and oxygen atoms in total. The second-order valence-corrected chi connectivity index (χ2v) is 9.19. The lowest BCUT2D eigenvalue weighted by molar-refractivity contribution is -0.119. The van der Waals surface area contributed by atoms with Crippen molar-refractivity contribution in [2.24, 2.45) is 0 Å². The molecular formula is C21H24N2O5S. The van der Waals surface area contributed by atoms with Crippen molar-refractivity contribution in [2.45, 2.75) is 26.7 Å². The molecular weight excluding hydrogens is 392 g/mol. The fraction of sp³-hybridized carbons (Fsp3) is 0.333. The topological polar surface area (TPSA) is 92.8 Å². The number of rotatable bonds is 5. The molecule has 1 amide bonds. The largest absolute Gasteiger partial charge is 0.452 e. The molecule has 0 atom stereocenters. The first kappa shape index (κ1) is 20.9. The number of hydrogen-bond donors (Lipinski definition) is 1. The molecule has 1 aliphatic rings. The van der Waals surface area contributed by atoms with Crippen LogP contribution in [0.15, 0.2) is 36.4 Å². The molecule has 0 saturated carbocycles. The van der Waals surface area contributed by atoms with Gasteiger partial charge in [0.1, 0.15) is 0 Å². The van der Waals surface area contributed by atoms with Crippen LogP contribution in [-0.2, 0) is 26.0 Å². The highest BCUT2D eigenvalue weighted by Crippen LogP contribution is 2.30. The van der Waals surface area contributed by atoms with Gasteiger partial charge in [-0.15, -0.1) is 0 Å². The first-order valence-electron chi connectivity index (χ1n) is 9.29. The summed E-state index contributed by atoms with van der Waals surface area (Å²) < 4.78 is 30.3. The highest BCUT2D eigenvalue weighted by molar-refractivity contribution is 7.92. The molecule has 29 heavy (non-hydrogen) atoms. The van der Waals surface area contributed by atoms with Crippen molar-refractivity contribution in [3.63, 3.8) is 0 Å². The molecule has 0 aromatic heterocycles. The quantitative estimate of drug-likeness (QED) is 0.757. The third-order valence-electron chi connectivity index (χ3n) is 4.63. The van der Waals surface area contributed by atoms with Crippen molar-refractivity contribution in [1.29, 1.82) is 0 Å². The van der Waals surface area contributed by atoms with Gasteiger partial charge in [0.25, 0.3) is 5.91 Å². The number of ether oxygens (including phenoxy) is 1. The SMILES string of the molecule is Cc1cc(C)cc(NC(=O)COC(=O)c2ccc3c(c2)CCCN3S(C)(=O)=O)c1. The Bertz CT molecular complexity index is 1040. The third kappa shape index (κ3) is 5.14. The average molecular weight is 416 g/mol. The van der Waals surface area contributed by atoms with Crippen molar-refractivity contribution in [3.8, 4) is 0 Å². The van der Waals surface area contributed by atoms with Gasteiger partial charge in [0.05, 0.1) is 17.5 Å². The summed E-state index contributed by atoms with van der Waals surface area (Å²) in [7, 11) is -3.37. The van der Waals surface area contributed by atoms with Gasteiger partial charge in [0.15, 0.2) is 6.61 Å². The molecule has 8 heteroatoms. The van der Waals surface area contributed by atoms with Crippen LogP contribution in [-0.4, -0.2) is 39.7 Å². The van der Waals surface area contributed by atoms with Crippen molar-refractivity contribution in [1.82, 2.24) is 0 Å². The number of anilines is 2. The molecule has 0 saturated heterocycles. The molecule has 0 fully saturated rings. The zero-order valence-corrected chi connectivity index (χ0v) is 17.5. The molecule has 0 aliphatic carbocycles. The molecule has 0 bridgehead atoms. The lowest BCUT2D eigenvalue weighted by Gasteiger charge is -2.29. The maximum atomic E-state index is 12.3. The van der Waals surface area contributed by atoms with E-state index in [0.717, 1.165) is 16.7 Å². The van der Waals surface area contributed by atoms with E-state index in [1.165, 1.54) is 16.6 Å². The predicted octanol–water partition coefficient (Wildman–Crippen LogP) is 2.81. The Labute approximate surface area is 170 Å². The molecule has 1 heterocycles. The van der Waals surface area contributed by atoms with E-state index >= 15 is 0 Å². The normalized spacial score (nSPS) is 13.6. The number of hydrogen-bond acceptors (Lipinski definition) is 5. The van der Waals surface area contributed by atoms with Crippen LogP contribution in [0.5, 0.6) is 0 Å². The number of sulfonamides is 1. The Morgan fingerprint density at radius 1 is 1.10 bits per heavy atom. The number of carbonyl (C=O) groups excluding carboxylic acids is 2. The molecule has 1 aliphatic heterocycles. The fourth-order valence-electron chi connectivity index (χ4n) is 3.49. The van der Waals surface area contributed by atoms with E-state index in [1.54, 1.807) is 12.1 Å². The van der Waals surface area contributed by atoms with Crippen LogP contribution in [0.4, 0.5) is 11.4 Å². The van der Waals surface area contributed by atoms with E-state index in [-0.39, 0.29) is 0 Å². The molecule has 2 aromatic rings. The Kier molecular flexibility index (Phi) is 5.93. The van der Waals surface area contributed by atoms with E-state index in [9.17, 15) is 18.0 Å². The summed E-state index contributed by atoms with van der Waals surface area (Å²) in [5.74, 6) is -1.05. The number of benzene rings is 2. The lowest BCUT2D eigenvalue weighted by Crippen LogP contribution is -2.34. The number of aryl methyl sites for hydroxylation is 3. The van der Waals surface area contributed by atoms with Crippen LogP contribution in [0.3, 0.4) is 0 Å². The number of nitrogens with zero attached hydrogens (tertiary/aromatic N) is 1. The van der Waals surface area contributed by atoms with Crippen LogP contribution >= 0.6 is 0 Å².